The molecule has 2 heterocycles. The van der Waals surface area contributed by atoms with Crippen LogP contribution in [0.15, 0.2) is 41.9 Å². The van der Waals surface area contributed by atoms with Gasteiger partial charge < -0.3 is 15.3 Å². The van der Waals surface area contributed by atoms with E-state index < -0.39 is 39.2 Å². The van der Waals surface area contributed by atoms with Crippen LogP contribution in [0.1, 0.15) is 24.8 Å². The molecule has 1 aromatic carbocycles. The zero-order valence-electron chi connectivity index (χ0n) is 21.5. The third-order valence-corrected chi connectivity index (χ3v) is 8.49. The molecule has 3 aromatic rings. The van der Waals surface area contributed by atoms with Gasteiger partial charge in [0, 0.05) is 16.5 Å². The van der Waals surface area contributed by atoms with Crippen molar-refractivity contribution in [1.29, 1.82) is 0 Å². The van der Waals surface area contributed by atoms with Crippen molar-refractivity contribution < 1.29 is 40.8 Å². The molecule has 0 saturated heterocycles. The summed E-state index contributed by atoms with van der Waals surface area (Å²) in [5.74, 6) is -2.22. The van der Waals surface area contributed by atoms with E-state index in [1.54, 1.807) is 13.0 Å². The lowest BCUT2D eigenvalue weighted by Gasteiger charge is -2.69. The first-order valence-corrected chi connectivity index (χ1v) is 13.4. The summed E-state index contributed by atoms with van der Waals surface area (Å²) >= 11 is 0. The van der Waals surface area contributed by atoms with Crippen LogP contribution in [0.25, 0.3) is 17.1 Å². The minimum absolute atomic E-state index is 0.00246. The summed E-state index contributed by atoms with van der Waals surface area (Å²) in [5.41, 5.74) is 6.29. The van der Waals surface area contributed by atoms with E-state index in [0.717, 1.165) is 12.6 Å². The molecular weight excluding hydrogens is 573 g/mol. The number of sulfonamides is 1. The van der Waals surface area contributed by atoms with Crippen LogP contribution in [0.5, 0.6) is 0 Å². The van der Waals surface area contributed by atoms with Crippen LogP contribution in [0.4, 0.5) is 23.8 Å². The van der Waals surface area contributed by atoms with Crippen LogP contribution in [-0.2, 0) is 24.4 Å². The van der Waals surface area contributed by atoms with Gasteiger partial charge in [-0.25, -0.2) is 37.7 Å². The number of halogens is 3. The van der Waals surface area contributed by atoms with Gasteiger partial charge in [0.25, 0.3) is 0 Å². The number of benzene rings is 1. The van der Waals surface area contributed by atoms with Crippen molar-refractivity contribution in [3.05, 3.63) is 42.6 Å². The number of hydrogen-bond acceptors (Lipinski definition) is 11. The van der Waals surface area contributed by atoms with Crippen LogP contribution in [-0.4, -0.2) is 75.6 Å². The largest absolute Gasteiger partial charge is 0.493 e. The van der Waals surface area contributed by atoms with Crippen molar-refractivity contribution >= 4 is 27.9 Å². The highest BCUT2D eigenvalue weighted by Crippen LogP contribution is 2.67. The number of aryl methyl sites for hydroxylation is 1. The number of nitrogens with one attached hydrogen (secondary N) is 1. The van der Waals surface area contributed by atoms with Gasteiger partial charge in [-0.3, -0.25) is 0 Å². The maximum absolute atomic E-state index is 13.3. The predicted octanol–water partition coefficient (Wildman–Crippen LogP) is 1.90. The molecule has 41 heavy (non-hydrogen) atoms. The first-order chi connectivity index (χ1) is 19.1. The second kappa shape index (κ2) is 9.65. The van der Waals surface area contributed by atoms with E-state index in [4.69, 9.17) is 10.5 Å². The summed E-state index contributed by atoms with van der Waals surface area (Å²) in [6.07, 6.45) is -1.37. The molecule has 3 aliphatic carbocycles. The molecule has 0 radical (unpaired) electrons. The van der Waals surface area contributed by atoms with Gasteiger partial charge in [-0.05, 0) is 43.9 Å². The third kappa shape index (κ3) is 5.39. The number of amides is 1. The van der Waals surface area contributed by atoms with E-state index in [-0.39, 0.29) is 28.2 Å². The molecule has 218 valence electrons. The Morgan fingerprint density at radius 1 is 1.24 bits per heavy atom. The highest BCUT2D eigenvalue weighted by Gasteiger charge is 2.69. The molecule has 3 aliphatic rings. The van der Waals surface area contributed by atoms with E-state index in [2.05, 4.69) is 29.6 Å². The zero-order valence-corrected chi connectivity index (χ0v) is 22.4. The number of hydrogen-bond donors (Lipinski definition) is 2. The van der Waals surface area contributed by atoms with Crippen LogP contribution in [0.2, 0.25) is 0 Å². The average Bonchev–Trinajstić information content (AvgIpc) is 3.39. The van der Waals surface area contributed by atoms with E-state index in [1.165, 1.54) is 35.7 Å². The summed E-state index contributed by atoms with van der Waals surface area (Å²) in [6.45, 7) is 1.61. The van der Waals surface area contributed by atoms with Crippen molar-refractivity contribution in [1.82, 2.24) is 34.5 Å². The number of ether oxygens (including phenoxy) is 1. The minimum atomic E-state index is -5.27. The van der Waals surface area contributed by atoms with E-state index in [1.807, 2.05) is 0 Å². The molecular formula is C23H23F3N8O6S. The van der Waals surface area contributed by atoms with Crippen molar-refractivity contribution in [3.8, 4) is 17.1 Å². The lowest BCUT2D eigenvalue weighted by molar-refractivity contribution is -0.229. The number of nitrogens with two attached hydrogens (primary N) is 1. The Kier molecular flexibility index (Phi) is 6.64. The second-order valence-electron chi connectivity index (χ2n) is 10.1. The Bertz CT molecular complexity index is 1610. The Hall–Kier alpha value is -4.32. The Morgan fingerprint density at radius 3 is 2.59 bits per heavy atom. The van der Waals surface area contributed by atoms with E-state index in [0.29, 0.717) is 30.5 Å². The summed E-state index contributed by atoms with van der Waals surface area (Å²) in [7, 11) is -3.17. The summed E-state index contributed by atoms with van der Waals surface area (Å²) < 4.78 is 72.5. The van der Waals surface area contributed by atoms with Gasteiger partial charge in [-0.1, -0.05) is 6.07 Å². The summed E-state index contributed by atoms with van der Waals surface area (Å²) in [6, 6.07) is 4.58. The van der Waals surface area contributed by atoms with Gasteiger partial charge in [-0.15, -0.1) is 5.06 Å². The quantitative estimate of drug-likeness (QED) is 0.380. The maximum atomic E-state index is 13.3. The van der Waals surface area contributed by atoms with Gasteiger partial charge in [0.2, 0.25) is 10.0 Å². The van der Waals surface area contributed by atoms with Crippen LogP contribution in [0, 0.1) is 12.3 Å². The van der Waals surface area contributed by atoms with Crippen molar-refractivity contribution in [3.63, 3.8) is 0 Å². The number of aromatic nitrogens is 5. The predicted molar refractivity (Wildman–Crippen MR) is 132 cm³/mol. The molecule has 14 nitrogen and oxygen atoms in total. The lowest BCUT2D eigenvalue weighted by atomic mass is 9.40. The molecule has 3 N–H and O–H groups in total. The van der Waals surface area contributed by atoms with Gasteiger partial charge in [-0.2, -0.15) is 23.0 Å². The standard InChI is InChI=1S/C23H23F3N8O6S/c1-13-3-4-14(5-15(13)16-6-29-17(27)18(31-16)34-12-28-11-30-34)41(37,38)32-22-7-21(8-22,9-22)10-39-20(36)33(2)40-19(35)23(24,25)26/h3-6,11-12,32H,7-10H2,1-2H3,(H2,27,29). The number of nitrogens with zero attached hydrogens (tertiary/aromatic N) is 6. The Labute approximate surface area is 230 Å². The molecule has 6 rings (SSSR count). The monoisotopic (exact) mass is 596 g/mol. The van der Waals surface area contributed by atoms with Gasteiger partial charge >= 0.3 is 18.2 Å². The summed E-state index contributed by atoms with van der Waals surface area (Å²) in [5, 5.41) is 4.06. The van der Waals surface area contributed by atoms with E-state index in [9.17, 15) is 31.2 Å². The molecule has 3 fully saturated rings. The molecule has 2 bridgehead atoms. The SMILES string of the molecule is Cc1ccc(S(=O)(=O)NC23CC(COC(=O)N(C)OC(=O)C(F)(F)F)(C2)C3)cc1-c1cnc(N)c(-n2cncn2)n1. The highest BCUT2D eigenvalue weighted by atomic mass is 32.2. The smallest absolute Gasteiger partial charge is 0.447 e. The molecule has 0 spiro atoms. The number of nitrogen functional groups attached to an aromatic ring is 1. The molecule has 1 amide bonds. The molecule has 0 aliphatic heterocycles. The van der Waals surface area contributed by atoms with Crippen LogP contribution >= 0.6 is 0 Å². The fourth-order valence-electron chi connectivity index (χ4n) is 5.17. The number of alkyl halides is 3. The molecule has 18 heteroatoms. The molecule has 2 aromatic heterocycles. The summed E-state index contributed by atoms with van der Waals surface area (Å²) in [4.78, 5) is 39.2. The van der Waals surface area contributed by atoms with Crippen LogP contribution in [0.3, 0.4) is 0 Å². The molecule has 3 saturated carbocycles. The van der Waals surface area contributed by atoms with Crippen molar-refractivity contribution in [2.45, 2.75) is 42.8 Å². The third-order valence-electron chi connectivity index (χ3n) is 6.91. The first kappa shape index (κ1) is 28.2. The Balaban J connectivity index is 1.22. The fraction of sp³-hybridized carbons (Fsp3) is 0.391. The van der Waals surface area contributed by atoms with Crippen molar-refractivity contribution in [2.24, 2.45) is 5.41 Å². The minimum Gasteiger partial charge on any atom is -0.447 e. The number of carbonyl (C=O) groups is 2. The highest BCUT2D eigenvalue weighted by molar-refractivity contribution is 7.89. The van der Waals surface area contributed by atoms with Gasteiger partial charge in [0.05, 0.1) is 30.4 Å². The van der Waals surface area contributed by atoms with Gasteiger partial charge in [0.1, 0.15) is 12.7 Å². The van der Waals surface area contributed by atoms with Gasteiger partial charge in [0.15, 0.2) is 11.6 Å². The van der Waals surface area contributed by atoms with Crippen molar-refractivity contribution in [2.75, 3.05) is 19.4 Å². The number of carbonyl (C=O) groups excluding carboxylic acids is 2. The number of hydroxylamine groups is 2. The Morgan fingerprint density at radius 2 is 1.95 bits per heavy atom. The fourth-order valence-corrected chi connectivity index (χ4v) is 6.60. The molecule has 0 atom stereocenters. The normalized spacial score (nSPS) is 21.4. The number of rotatable bonds is 7. The lowest BCUT2D eigenvalue weighted by Crippen LogP contribution is -2.75. The molecule has 0 unspecified atom stereocenters. The number of anilines is 1. The topological polar surface area (TPSA) is 185 Å². The second-order valence-corrected chi connectivity index (χ2v) is 11.8. The average molecular weight is 597 g/mol. The first-order valence-electron chi connectivity index (χ1n) is 11.9. The zero-order chi connectivity index (χ0) is 29.8. The maximum Gasteiger partial charge on any atom is 0.493 e. The van der Waals surface area contributed by atoms with E-state index >= 15 is 0 Å². The van der Waals surface area contributed by atoms with Crippen LogP contribution < -0.4 is 10.5 Å².